The fraction of sp³-hybridized carbons (Fsp3) is 0. The number of para-hydroxylation sites is 5. The van der Waals surface area contributed by atoms with Gasteiger partial charge in [0, 0.05) is 44.9 Å². The lowest BCUT2D eigenvalue weighted by Gasteiger charge is -2.40. The van der Waals surface area contributed by atoms with Gasteiger partial charge in [0.1, 0.15) is 11.5 Å². The van der Waals surface area contributed by atoms with E-state index >= 15 is 0 Å². The number of nitrogens with zero attached hydrogens (tertiary/aromatic N) is 2. The number of hydrogen-bond donors (Lipinski definition) is 0. The van der Waals surface area contributed by atoms with Crippen molar-refractivity contribution < 1.29 is 4.74 Å². The summed E-state index contributed by atoms with van der Waals surface area (Å²) in [5.74, 6) is 1.82. The summed E-state index contributed by atoms with van der Waals surface area (Å²) in [6.45, 7) is 0. The average molecular weight is 783 g/mol. The summed E-state index contributed by atoms with van der Waals surface area (Å²) in [6.07, 6.45) is 2.19. The molecule has 60 heavy (non-hydrogen) atoms. The van der Waals surface area contributed by atoms with Crippen LogP contribution in [0.1, 0.15) is 0 Å². The maximum absolute atomic E-state index is 7.08. The maximum Gasteiger partial charge on any atom is 0.188 e. The Hall–Kier alpha value is -7.66. The molecule has 4 heteroatoms. The maximum atomic E-state index is 7.08. The molecule has 2 aromatic heterocycles. The molecule has 0 radical (unpaired) electrons. The van der Waals surface area contributed by atoms with E-state index in [0.717, 1.165) is 28.4 Å². The van der Waals surface area contributed by atoms with Gasteiger partial charge in [-0.3, -0.25) is 0 Å². The van der Waals surface area contributed by atoms with Crippen LogP contribution in [0.2, 0.25) is 0 Å². The largest absolute Gasteiger partial charge is 0.458 e. The van der Waals surface area contributed by atoms with Crippen molar-refractivity contribution in [2.24, 2.45) is 0 Å². The number of ether oxygens (including phenoxy) is 1. The van der Waals surface area contributed by atoms with Crippen molar-refractivity contribution in [1.82, 2.24) is 9.13 Å². The first-order valence-corrected chi connectivity index (χ1v) is 22.6. The number of aromatic nitrogens is 2. The molecule has 0 aliphatic carbocycles. The summed E-state index contributed by atoms with van der Waals surface area (Å²) < 4.78 is 11.8. The van der Waals surface area contributed by atoms with E-state index in [0.29, 0.717) is 0 Å². The van der Waals surface area contributed by atoms with Gasteiger partial charge in [-0.25, -0.2) is 0 Å². The standard InChI is InChI=1S/C56H38N2OSi/c1-5-18-42(19-6-1)57-36-35-39-17-15-27-46(55(39)57)40-31-33-51-53(37-40)60(44-22-9-3-10-23-44,45-24-11-4-12-25-45)54-38-41(32-34-52(54)59-51)47-28-16-29-49-48-26-13-14-30-50(48)58(56(47)49)43-20-7-2-8-21-43/h1-38H. The van der Waals surface area contributed by atoms with Gasteiger partial charge in [-0.05, 0) is 80.4 Å². The van der Waals surface area contributed by atoms with Crippen LogP contribution in [-0.2, 0) is 0 Å². The third kappa shape index (κ3) is 5.14. The number of benzene rings is 9. The van der Waals surface area contributed by atoms with Crippen LogP contribution in [0.15, 0.2) is 231 Å². The summed E-state index contributed by atoms with van der Waals surface area (Å²) >= 11 is 0. The van der Waals surface area contributed by atoms with Gasteiger partial charge >= 0.3 is 0 Å². The van der Waals surface area contributed by atoms with E-state index < -0.39 is 8.07 Å². The summed E-state index contributed by atoms with van der Waals surface area (Å²) in [5, 5.41) is 8.81. The van der Waals surface area contributed by atoms with Crippen LogP contribution in [0.4, 0.5) is 0 Å². The Morgan fingerprint density at radius 3 is 1.53 bits per heavy atom. The van der Waals surface area contributed by atoms with Crippen LogP contribution in [0, 0.1) is 0 Å². The lowest BCUT2D eigenvalue weighted by atomic mass is 10.0. The summed E-state index contributed by atoms with van der Waals surface area (Å²) in [7, 11) is -3.05. The first-order valence-electron chi connectivity index (χ1n) is 20.6. The molecular formula is C56H38N2OSi. The van der Waals surface area contributed by atoms with E-state index in [1.807, 2.05) is 0 Å². The van der Waals surface area contributed by atoms with Gasteiger partial charge in [0.15, 0.2) is 8.07 Å². The monoisotopic (exact) mass is 782 g/mol. The van der Waals surface area contributed by atoms with E-state index in [1.54, 1.807) is 0 Å². The van der Waals surface area contributed by atoms with Crippen molar-refractivity contribution in [2.75, 3.05) is 0 Å². The Bertz CT molecular complexity index is 3350. The minimum atomic E-state index is -3.05. The Labute approximate surface area is 349 Å². The molecule has 0 saturated carbocycles. The molecule has 282 valence electrons. The molecule has 1 aliphatic rings. The molecule has 11 aromatic rings. The predicted octanol–water partition coefficient (Wildman–Crippen LogP) is 11.5. The van der Waals surface area contributed by atoms with E-state index in [9.17, 15) is 0 Å². The molecular weight excluding hydrogens is 745 g/mol. The SMILES string of the molecule is c1ccc(-n2ccc3cccc(-c4ccc5c(c4)[Si](c4ccccc4)(c4ccccc4)c4cc(-c6cccc7c8ccccc8n(-c8ccccc8)c67)ccc4O5)c32)cc1. The topological polar surface area (TPSA) is 19.1 Å². The molecule has 0 atom stereocenters. The second-order valence-corrected chi connectivity index (χ2v) is 19.4. The van der Waals surface area contributed by atoms with Crippen LogP contribution >= 0.6 is 0 Å². The van der Waals surface area contributed by atoms with Crippen molar-refractivity contribution >= 4 is 61.5 Å². The summed E-state index contributed by atoms with van der Waals surface area (Å²) in [4.78, 5) is 0. The summed E-state index contributed by atoms with van der Waals surface area (Å²) in [6, 6.07) is 82.0. The summed E-state index contributed by atoms with van der Waals surface area (Å²) in [5.41, 5.74) is 10.6. The highest BCUT2D eigenvalue weighted by Gasteiger charge is 2.48. The number of rotatable bonds is 6. The van der Waals surface area contributed by atoms with Crippen molar-refractivity contribution in [2.45, 2.75) is 0 Å². The fourth-order valence-electron chi connectivity index (χ4n) is 9.92. The van der Waals surface area contributed by atoms with Crippen LogP contribution in [0.25, 0.3) is 66.3 Å². The molecule has 3 nitrogen and oxygen atoms in total. The third-order valence-electron chi connectivity index (χ3n) is 12.5. The Morgan fingerprint density at radius 1 is 0.383 bits per heavy atom. The van der Waals surface area contributed by atoms with E-state index in [2.05, 4.69) is 240 Å². The molecule has 0 saturated heterocycles. The fourth-order valence-corrected chi connectivity index (χ4v) is 14.9. The molecule has 0 unspecified atom stereocenters. The van der Waals surface area contributed by atoms with Crippen molar-refractivity contribution in [3.05, 3.63) is 231 Å². The molecule has 0 bridgehead atoms. The molecule has 3 heterocycles. The second kappa shape index (κ2) is 13.7. The molecule has 0 spiro atoms. The molecule has 0 amide bonds. The Morgan fingerprint density at radius 2 is 0.900 bits per heavy atom. The van der Waals surface area contributed by atoms with Crippen LogP contribution in [0.5, 0.6) is 11.5 Å². The quantitative estimate of drug-likeness (QED) is 0.154. The molecule has 0 N–H and O–H groups in total. The van der Waals surface area contributed by atoms with Gasteiger partial charge in [0.25, 0.3) is 0 Å². The van der Waals surface area contributed by atoms with Gasteiger partial charge in [-0.15, -0.1) is 0 Å². The third-order valence-corrected chi connectivity index (χ3v) is 17.3. The van der Waals surface area contributed by atoms with Crippen LogP contribution in [-0.4, -0.2) is 17.2 Å². The highest BCUT2D eigenvalue weighted by Crippen LogP contribution is 2.40. The van der Waals surface area contributed by atoms with Gasteiger partial charge < -0.3 is 13.9 Å². The van der Waals surface area contributed by atoms with Crippen molar-refractivity contribution in [3.8, 4) is 45.1 Å². The smallest absolute Gasteiger partial charge is 0.188 e. The van der Waals surface area contributed by atoms with Crippen molar-refractivity contribution in [3.63, 3.8) is 0 Å². The molecule has 1 aliphatic heterocycles. The van der Waals surface area contributed by atoms with Gasteiger partial charge in [0.2, 0.25) is 0 Å². The van der Waals surface area contributed by atoms with E-state index in [4.69, 9.17) is 4.74 Å². The van der Waals surface area contributed by atoms with Gasteiger partial charge in [-0.1, -0.05) is 176 Å². The number of fused-ring (bicyclic) bond motifs is 6. The zero-order valence-electron chi connectivity index (χ0n) is 32.7. The lowest BCUT2D eigenvalue weighted by molar-refractivity contribution is 0.487. The highest BCUT2D eigenvalue weighted by molar-refractivity contribution is 7.20. The van der Waals surface area contributed by atoms with E-state index in [-0.39, 0.29) is 0 Å². The normalized spacial score (nSPS) is 12.9. The van der Waals surface area contributed by atoms with Crippen molar-refractivity contribution in [1.29, 1.82) is 0 Å². The van der Waals surface area contributed by atoms with Gasteiger partial charge in [-0.2, -0.15) is 0 Å². The highest BCUT2D eigenvalue weighted by atomic mass is 28.3. The average Bonchev–Trinajstić information content (AvgIpc) is 3.92. The first-order chi connectivity index (χ1) is 29.8. The Balaban J connectivity index is 1.14. The molecule has 12 rings (SSSR count). The second-order valence-electron chi connectivity index (χ2n) is 15.7. The molecule has 0 fully saturated rings. The minimum absolute atomic E-state index is 0.911. The van der Waals surface area contributed by atoms with E-state index in [1.165, 1.54) is 70.1 Å². The molecule has 9 aromatic carbocycles. The Kier molecular flexibility index (Phi) is 7.87. The van der Waals surface area contributed by atoms with Crippen LogP contribution in [0.3, 0.4) is 0 Å². The van der Waals surface area contributed by atoms with Gasteiger partial charge in [0.05, 0.1) is 16.6 Å². The zero-order valence-corrected chi connectivity index (χ0v) is 33.7. The van der Waals surface area contributed by atoms with Crippen LogP contribution < -0.4 is 25.5 Å². The zero-order chi connectivity index (χ0) is 39.6. The minimum Gasteiger partial charge on any atom is -0.458 e. The predicted molar refractivity (Wildman–Crippen MR) is 252 cm³/mol. The first kappa shape index (κ1) is 34.4. The lowest BCUT2D eigenvalue weighted by Crippen LogP contribution is -2.76. The number of hydrogen-bond acceptors (Lipinski definition) is 1.